The van der Waals surface area contributed by atoms with Gasteiger partial charge in [-0.25, -0.2) is 0 Å². The summed E-state index contributed by atoms with van der Waals surface area (Å²) in [6.45, 7) is 1.67. The highest BCUT2D eigenvalue weighted by atomic mass is 16.7. The SMILES string of the molecule is COc1ccc(CO[C@@H]2[C@@H](O)[C@H](OCc3ccccc3)[C@@H](OCc3ccccc3)[C@H](OCc3ccccc3)[C@@H]2O[C@H]2O[C@H](COCc3ccccc3)[C@@H](OCc3ccccc3)[C@H](OCc3ccccc3)[C@@H]2OCc2ccccc2)cc1. The Bertz CT molecular complexity index is 2980. The molecule has 0 radical (unpaired) electrons. The molecule has 1 N–H and O–H groups in total. The molecule has 12 heteroatoms. The number of methoxy groups -OCH3 is 1. The fourth-order valence-electron chi connectivity index (χ4n) is 10.3. The smallest absolute Gasteiger partial charge is 0.187 e. The monoisotopic (exact) mass is 1090 g/mol. The summed E-state index contributed by atoms with van der Waals surface area (Å²) in [6, 6.07) is 77.4. The molecule has 2 fully saturated rings. The normalized spacial score (nSPS) is 23.7. The summed E-state index contributed by atoms with van der Waals surface area (Å²) in [7, 11) is 1.63. The van der Waals surface area contributed by atoms with Crippen molar-refractivity contribution in [3.05, 3.63) is 281 Å². The summed E-state index contributed by atoms with van der Waals surface area (Å²) in [4.78, 5) is 0. The first-order valence-electron chi connectivity index (χ1n) is 27.8. The van der Waals surface area contributed by atoms with E-state index in [9.17, 15) is 5.11 Å². The first-order valence-corrected chi connectivity index (χ1v) is 27.8. The minimum atomic E-state index is -1.33. The lowest BCUT2D eigenvalue weighted by molar-refractivity contribution is -0.364. The van der Waals surface area contributed by atoms with Crippen LogP contribution in [0, 0.1) is 0 Å². The Kier molecular flexibility index (Phi) is 21.4. The Balaban J connectivity index is 1.08. The quantitative estimate of drug-likeness (QED) is 0.0502. The van der Waals surface area contributed by atoms with Crippen molar-refractivity contribution in [2.24, 2.45) is 0 Å². The highest BCUT2D eigenvalue weighted by Crippen LogP contribution is 2.39. The van der Waals surface area contributed by atoms with E-state index >= 15 is 0 Å². The third-order valence-corrected chi connectivity index (χ3v) is 14.6. The van der Waals surface area contributed by atoms with Crippen molar-refractivity contribution in [1.29, 1.82) is 0 Å². The van der Waals surface area contributed by atoms with Crippen LogP contribution in [-0.4, -0.2) is 86.2 Å². The molecule has 0 aromatic heterocycles. The molecule has 11 atom stereocenters. The van der Waals surface area contributed by atoms with Gasteiger partial charge in [-0.15, -0.1) is 0 Å². The second-order valence-electron chi connectivity index (χ2n) is 20.3. The van der Waals surface area contributed by atoms with Gasteiger partial charge in [0.15, 0.2) is 6.29 Å². The number of ether oxygens (including phenoxy) is 11. The number of aliphatic hydroxyl groups is 1. The zero-order valence-corrected chi connectivity index (χ0v) is 45.7. The van der Waals surface area contributed by atoms with Gasteiger partial charge in [0.1, 0.15) is 66.8 Å². The molecule has 1 saturated carbocycles. The molecule has 12 nitrogen and oxygen atoms in total. The third-order valence-electron chi connectivity index (χ3n) is 14.6. The van der Waals surface area contributed by atoms with Gasteiger partial charge in [-0.3, -0.25) is 0 Å². The van der Waals surface area contributed by atoms with Gasteiger partial charge in [0.05, 0.1) is 66.6 Å². The molecule has 81 heavy (non-hydrogen) atoms. The molecule has 0 spiro atoms. The lowest BCUT2D eigenvalue weighted by Crippen LogP contribution is -2.69. The van der Waals surface area contributed by atoms with E-state index in [1.54, 1.807) is 7.11 Å². The minimum Gasteiger partial charge on any atom is -0.497 e. The molecule has 420 valence electrons. The largest absolute Gasteiger partial charge is 0.497 e. The Morgan fingerprint density at radius 1 is 0.309 bits per heavy atom. The number of rotatable bonds is 28. The van der Waals surface area contributed by atoms with Crippen molar-refractivity contribution in [1.82, 2.24) is 0 Å². The average Bonchev–Trinajstić information content (AvgIpc) is 3.56. The maximum absolute atomic E-state index is 13.2. The highest BCUT2D eigenvalue weighted by Gasteiger charge is 2.57. The van der Waals surface area contributed by atoms with Crippen LogP contribution in [0.2, 0.25) is 0 Å². The fourth-order valence-corrected chi connectivity index (χ4v) is 10.3. The third kappa shape index (κ3) is 16.4. The summed E-state index contributed by atoms with van der Waals surface area (Å²) in [5.74, 6) is 0.702. The van der Waals surface area contributed by atoms with Crippen LogP contribution in [-0.2, 0) is 100 Å². The summed E-state index contributed by atoms with van der Waals surface area (Å²) < 4.78 is 76.5. The summed E-state index contributed by atoms with van der Waals surface area (Å²) >= 11 is 0. The Morgan fingerprint density at radius 3 is 0.963 bits per heavy atom. The van der Waals surface area contributed by atoms with E-state index in [-0.39, 0.29) is 52.9 Å². The molecule has 2 aliphatic rings. The Morgan fingerprint density at radius 2 is 0.593 bits per heavy atom. The molecule has 1 saturated heterocycles. The number of aliphatic hydroxyl groups excluding tert-OH is 1. The number of hydrogen-bond donors (Lipinski definition) is 1. The molecule has 8 aromatic rings. The number of benzene rings is 8. The highest BCUT2D eigenvalue weighted by molar-refractivity contribution is 5.27. The van der Waals surface area contributed by atoms with Gasteiger partial charge in [0.2, 0.25) is 0 Å². The van der Waals surface area contributed by atoms with Crippen molar-refractivity contribution >= 4 is 0 Å². The summed E-state index contributed by atoms with van der Waals surface area (Å²) in [5.41, 5.74) is 7.47. The number of hydrogen-bond acceptors (Lipinski definition) is 12. The van der Waals surface area contributed by atoms with Gasteiger partial charge in [-0.05, 0) is 56.6 Å². The van der Waals surface area contributed by atoms with E-state index in [0.29, 0.717) is 12.4 Å². The molecule has 10 rings (SSSR count). The van der Waals surface area contributed by atoms with Crippen LogP contribution in [0.25, 0.3) is 0 Å². The molecule has 0 unspecified atom stereocenters. The van der Waals surface area contributed by atoms with Crippen molar-refractivity contribution in [2.45, 2.75) is 120 Å². The molecule has 0 amide bonds. The molecule has 1 aliphatic heterocycles. The van der Waals surface area contributed by atoms with E-state index in [4.69, 9.17) is 52.1 Å². The van der Waals surface area contributed by atoms with E-state index < -0.39 is 67.3 Å². The fraction of sp³-hybridized carbons (Fsp3) is 0.304. The van der Waals surface area contributed by atoms with E-state index in [1.807, 2.05) is 237 Å². The standard InChI is InChI=1S/C69H72O12/c1-71-58-39-37-57(38-40-58)48-75-63-60(70)62(74-43-52-27-13-4-14-28-52)65(77-45-54-31-17-6-18-32-54)66(78-46-55-33-19-7-20-34-55)67(63)81-69-68(79-47-56-35-21-8-22-36-56)64(76-44-53-29-15-5-16-30-53)61(73-42-51-25-11-3-12-26-51)59(80-69)49-72-41-50-23-9-2-10-24-50/h2-40,59-70H,41-49H2,1H3/t59-,60+,61-,62+,63-,64+,65-,66+,67-,68+,69-/m1/s1. The summed E-state index contributed by atoms with van der Waals surface area (Å²) in [6.07, 6.45) is -10.9. The van der Waals surface area contributed by atoms with E-state index in [1.165, 1.54) is 0 Å². The molecule has 1 heterocycles. The van der Waals surface area contributed by atoms with E-state index in [2.05, 4.69) is 0 Å². The van der Waals surface area contributed by atoms with Crippen LogP contribution in [0.3, 0.4) is 0 Å². The summed E-state index contributed by atoms with van der Waals surface area (Å²) in [5, 5.41) is 13.2. The van der Waals surface area contributed by atoms with Crippen LogP contribution in [0.15, 0.2) is 237 Å². The van der Waals surface area contributed by atoms with Crippen molar-refractivity contribution < 1.29 is 57.2 Å². The van der Waals surface area contributed by atoms with Crippen molar-refractivity contribution in [3.8, 4) is 5.75 Å². The molecular formula is C69H72O12. The second kappa shape index (κ2) is 30.3. The maximum atomic E-state index is 13.2. The minimum absolute atomic E-state index is 0.0888. The van der Waals surface area contributed by atoms with Gasteiger partial charge in [0, 0.05) is 0 Å². The van der Waals surface area contributed by atoms with Crippen LogP contribution in [0.1, 0.15) is 44.5 Å². The second-order valence-corrected chi connectivity index (χ2v) is 20.3. The van der Waals surface area contributed by atoms with E-state index in [0.717, 1.165) is 44.5 Å². The van der Waals surface area contributed by atoms with Crippen LogP contribution >= 0.6 is 0 Å². The van der Waals surface area contributed by atoms with Gasteiger partial charge in [-0.2, -0.15) is 0 Å². The van der Waals surface area contributed by atoms with Gasteiger partial charge in [-0.1, -0.05) is 224 Å². The molecule has 8 aromatic carbocycles. The topological polar surface area (TPSA) is 122 Å². The molecular weight excluding hydrogens is 1020 g/mol. The maximum Gasteiger partial charge on any atom is 0.187 e. The Hall–Kier alpha value is -6.88. The van der Waals surface area contributed by atoms with Crippen LogP contribution in [0.5, 0.6) is 5.75 Å². The average molecular weight is 1090 g/mol. The van der Waals surface area contributed by atoms with Gasteiger partial charge in [0.25, 0.3) is 0 Å². The van der Waals surface area contributed by atoms with Crippen LogP contribution < -0.4 is 4.74 Å². The predicted molar refractivity (Wildman–Crippen MR) is 307 cm³/mol. The first kappa shape index (κ1) is 57.4. The van der Waals surface area contributed by atoms with Crippen molar-refractivity contribution in [2.75, 3.05) is 13.7 Å². The molecule has 1 aliphatic carbocycles. The van der Waals surface area contributed by atoms with Gasteiger partial charge < -0.3 is 57.2 Å². The van der Waals surface area contributed by atoms with Crippen molar-refractivity contribution in [3.63, 3.8) is 0 Å². The predicted octanol–water partition coefficient (Wildman–Crippen LogP) is 11.8. The zero-order valence-electron chi connectivity index (χ0n) is 45.7. The zero-order chi connectivity index (χ0) is 55.3. The van der Waals surface area contributed by atoms with Crippen LogP contribution in [0.4, 0.5) is 0 Å². The molecule has 0 bridgehead atoms. The van der Waals surface area contributed by atoms with Gasteiger partial charge >= 0.3 is 0 Å². The lowest BCUT2D eigenvalue weighted by Gasteiger charge is -2.51. The first-order chi connectivity index (χ1) is 40.0. The lowest BCUT2D eigenvalue weighted by atomic mass is 9.83. The Labute approximate surface area is 476 Å².